The first kappa shape index (κ1) is 24.1. The van der Waals surface area contributed by atoms with Crippen LogP contribution in [0.15, 0.2) is 78.4 Å². The fourth-order valence-corrected chi connectivity index (χ4v) is 4.42. The van der Waals surface area contributed by atoms with Crippen molar-refractivity contribution in [2.75, 3.05) is 6.61 Å². The number of allylic oxidation sites excluding steroid dienone is 4. The van der Waals surface area contributed by atoms with Gasteiger partial charge in [-0.2, -0.15) is 0 Å². The first-order valence-corrected chi connectivity index (χ1v) is 15.2. The Morgan fingerprint density at radius 1 is 1.00 bits per heavy atom. The molecule has 1 atom stereocenters. The van der Waals surface area contributed by atoms with E-state index in [9.17, 15) is 9.59 Å². The zero-order valence-electron chi connectivity index (χ0n) is 17.4. The van der Waals surface area contributed by atoms with Crippen molar-refractivity contribution in [3.05, 3.63) is 95.1 Å². The molecule has 4 nitrogen and oxygen atoms in total. The van der Waals surface area contributed by atoms with E-state index in [-0.39, 0.29) is 24.1 Å². The molecule has 2 aliphatic carbocycles. The maximum absolute atomic E-state index is 12.4. The summed E-state index contributed by atoms with van der Waals surface area (Å²) in [7, 11) is 1.25. The van der Waals surface area contributed by atoms with Crippen LogP contribution in [0.4, 0.5) is 0 Å². The third-order valence-corrected chi connectivity index (χ3v) is 5.83. The molecule has 0 aromatic heterocycles. The number of carbonyl (C=O) groups excluding carboxylic acids is 2. The predicted octanol–water partition coefficient (Wildman–Crippen LogP) is 6.13. The molecule has 0 heterocycles. The fourth-order valence-electron chi connectivity index (χ4n) is 4.42. The van der Waals surface area contributed by atoms with Gasteiger partial charge in [0.1, 0.15) is 11.5 Å². The molecular formula is C26H20Br2NiO4. The second-order valence-electron chi connectivity index (χ2n) is 7.71. The molecule has 1 unspecified atom stereocenters. The topological polar surface area (TPSA) is 63.6 Å². The molecule has 3 aromatic carbocycles. The Balaban J connectivity index is 0.000000821. The Morgan fingerprint density at radius 3 is 2.48 bits per heavy atom. The van der Waals surface area contributed by atoms with Crippen molar-refractivity contribution in [2.45, 2.75) is 18.8 Å². The molecule has 0 fully saturated rings. The summed E-state index contributed by atoms with van der Waals surface area (Å²) >= 11 is 6.00. The third kappa shape index (κ3) is 5.22. The van der Waals surface area contributed by atoms with Crippen LogP contribution in [-0.2, 0) is 33.3 Å². The number of aliphatic hydroxyl groups excluding tert-OH is 1. The number of hydrogen-bond acceptors (Lipinski definition) is 4. The van der Waals surface area contributed by atoms with Crippen LogP contribution in [0, 0.1) is 0 Å². The molecule has 2 aliphatic rings. The van der Waals surface area contributed by atoms with E-state index in [1.807, 2.05) is 54.6 Å². The van der Waals surface area contributed by atoms with Crippen LogP contribution in [0.3, 0.4) is 0 Å². The fraction of sp³-hybridized carbons (Fsp3) is 0.154. The van der Waals surface area contributed by atoms with Gasteiger partial charge >= 0.3 is 39.3 Å². The van der Waals surface area contributed by atoms with Crippen LogP contribution < -0.4 is 4.74 Å². The van der Waals surface area contributed by atoms with E-state index in [1.165, 1.54) is 29.1 Å². The number of ketones is 2. The van der Waals surface area contributed by atoms with Gasteiger partial charge in [0.25, 0.3) is 0 Å². The number of halogens is 2. The van der Waals surface area contributed by atoms with Gasteiger partial charge in [-0.25, -0.2) is 0 Å². The summed E-state index contributed by atoms with van der Waals surface area (Å²) in [6.07, 6.45) is 5.49. The van der Waals surface area contributed by atoms with E-state index in [0.29, 0.717) is 18.4 Å². The number of benzene rings is 3. The van der Waals surface area contributed by atoms with Crippen molar-refractivity contribution in [3.63, 3.8) is 0 Å². The number of aliphatic hydroxyl groups is 1. The molecule has 5 rings (SSSR count). The quantitative estimate of drug-likeness (QED) is 0.278. The van der Waals surface area contributed by atoms with E-state index >= 15 is 0 Å². The summed E-state index contributed by atoms with van der Waals surface area (Å²) in [5, 5.41) is 11.2. The average molecular weight is 615 g/mol. The van der Waals surface area contributed by atoms with Crippen molar-refractivity contribution in [1.82, 2.24) is 0 Å². The average Bonchev–Trinajstić information content (AvgIpc) is 3.19. The second kappa shape index (κ2) is 10.9. The Morgan fingerprint density at radius 2 is 1.76 bits per heavy atom. The van der Waals surface area contributed by atoms with Crippen LogP contribution >= 0.6 is 28.5 Å². The van der Waals surface area contributed by atoms with Crippen molar-refractivity contribution in [1.29, 1.82) is 0 Å². The molecule has 0 amide bonds. The molecule has 172 valence electrons. The van der Waals surface area contributed by atoms with Crippen molar-refractivity contribution in [2.24, 2.45) is 0 Å². The standard InChI is InChI=1S/C26H20O4.2BrH.Ni/c27-13-12-16-4-8-19(9-5-16)30-25-11-6-17-14-22(20-2-1-3-21(25)26(17)20)23-15-18(28)7-10-24(23)29;;;/h1-11,15,22,27H,12-14H2;2*1H;/q;;;+2/p-2. The van der Waals surface area contributed by atoms with E-state index in [0.717, 1.165) is 39.0 Å². The number of hydrogen-bond donors (Lipinski definition) is 1. The zero-order valence-corrected chi connectivity index (χ0v) is 21.5. The molecule has 1 N–H and O–H groups in total. The third-order valence-electron chi connectivity index (χ3n) is 5.83. The Hall–Kier alpha value is -2.05. The minimum absolute atomic E-state index is 0.0937. The normalized spacial score (nSPS) is 16.6. The van der Waals surface area contributed by atoms with Gasteiger partial charge in [0.05, 0.1) is 0 Å². The van der Waals surface area contributed by atoms with E-state index in [1.54, 1.807) is 0 Å². The van der Waals surface area contributed by atoms with Gasteiger partial charge < -0.3 is 9.84 Å². The van der Waals surface area contributed by atoms with Gasteiger partial charge in [-0.15, -0.1) is 0 Å². The number of rotatable bonds is 5. The van der Waals surface area contributed by atoms with Gasteiger partial charge in [-0.3, -0.25) is 9.59 Å². The van der Waals surface area contributed by atoms with E-state index < -0.39 is 0 Å². The SMILES string of the molecule is O=C1C=CC(=O)C(C2Cc3ccc(Oc4ccc(CCO)cc4)c4cccc2c34)=C1.[Br][Ni][Br]. The van der Waals surface area contributed by atoms with Crippen LogP contribution in [-0.4, -0.2) is 23.3 Å². The molecule has 0 aliphatic heterocycles. The minimum atomic E-state index is -0.138. The first-order chi connectivity index (χ1) is 16.0. The van der Waals surface area contributed by atoms with Gasteiger partial charge in [0.2, 0.25) is 0 Å². The Labute approximate surface area is 212 Å². The summed E-state index contributed by atoms with van der Waals surface area (Å²) < 4.78 is 6.17. The van der Waals surface area contributed by atoms with Crippen LogP contribution in [0.2, 0.25) is 0 Å². The summed E-state index contributed by atoms with van der Waals surface area (Å²) in [4.78, 5) is 24.3. The molecule has 0 radical (unpaired) electrons. The number of ether oxygens (including phenoxy) is 1. The molecule has 3 aromatic rings. The van der Waals surface area contributed by atoms with Crippen molar-refractivity contribution >= 4 is 50.8 Å². The van der Waals surface area contributed by atoms with E-state index in [4.69, 9.17) is 9.84 Å². The van der Waals surface area contributed by atoms with Crippen LogP contribution in [0.25, 0.3) is 10.8 Å². The predicted molar refractivity (Wildman–Crippen MR) is 133 cm³/mol. The van der Waals surface area contributed by atoms with Gasteiger partial charge in [-0.1, -0.05) is 36.4 Å². The molecule has 0 bridgehead atoms. The van der Waals surface area contributed by atoms with Crippen molar-refractivity contribution in [3.8, 4) is 11.5 Å². The Bertz CT molecular complexity index is 1270. The monoisotopic (exact) mass is 612 g/mol. The van der Waals surface area contributed by atoms with Crippen LogP contribution in [0.1, 0.15) is 22.6 Å². The maximum atomic E-state index is 12.4. The van der Waals surface area contributed by atoms with E-state index in [2.05, 4.69) is 28.5 Å². The number of carbonyl (C=O) groups is 2. The zero-order chi connectivity index (χ0) is 23.4. The first-order valence-electron chi connectivity index (χ1n) is 10.3. The summed E-state index contributed by atoms with van der Waals surface area (Å²) in [5.74, 6) is 1.14. The molecule has 0 saturated carbocycles. The van der Waals surface area contributed by atoms with Gasteiger partial charge in [0.15, 0.2) is 11.6 Å². The Kier molecular flexibility index (Phi) is 7.97. The molecule has 33 heavy (non-hydrogen) atoms. The molecule has 7 heteroatoms. The molecular weight excluding hydrogens is 595 g/mol. The van der Waals surface area contributed by atoms with Gasteiger partial charge in [0, 0.05) is 23.5 Å². The van der Waals surface area contributed by atoms with Crippen molar-refractivity contribution < 1.29 is 30.3 Å². The summed E-state index contributed by atoms with van der Waals surface area (Å²) in [6.45, 7) is 0.122. The van der Waals surface area contributed by atoms with Gasteiger partial charge in [-0.05, 0) is 71.3 Å². The van der Waals surface area contributed by atoms with Crippen LogP contribution in [0.5, 0.6) is 11.5 Å². The second-order valence-corrected chi connectivity index (χ2v) is 12.7. The summed E-state index contributed by atoms with van der Waals surface area (Å²) in [6, 6.07) is 17.8. The molecule has 0 saturated heterocycles. The molecule has 0 spiro atoms. The summed E-state index contributed by atoms with van der Waals surface area (Å²) in [5.41, 5.74) is 3.84.